The molecule has 0 fully saturated rings. The predicted molar refractivity (Wildman–Crippen MR) is 75.9 cm³/mol. The number of hydrogen-bond donors (Lipinski definition) is 0. The van der Waals surface area contributed by atoms with Crippen LogP contribution in [0.25, 0.3) is 5.65 Å². The second-order valence-electron chi connectivity index (χ2n) is 4.35. The molecule has 22 heavy (non-hydrogen) atoms. The number of aromatic nitrogens is 4. The third kappa shape index (κ3) is 2.63. The van der Waals surface area contributed by atoms with E-state index in [0.29, 0.717) is 0 Å². The van der Waals surface area contributed by atoms with Crippen LogP contribution < -0.4 is 4.74 Å². The van der Waals surface area contributed by atoms with Crippen LogP contribution in [0.15, 0.2) is 46.9 Å². The van der Waals surface area contributed by atoms with Gasteiger partial charge in [0.1, 0.15) is 11.4 Å². The summed E-state index contributed by atoms with van der Waals surface area (Å²) in [7, 11) is -3.61. The third-order valence-corrected chi connectivity index (χ3v) is 3.52. The van der Waals surface area contributed by atoms with Crippen LogP contribution >= 0.6 is 0 Å². The summed E-state index contributed by atoms with van der Waals surface area (Å²) in [4.78, 5) is 18.3. The predicted octanol–water partition coefficient (Wildman–Crippen LogP) is 1.72. The van der Waals surface area contributed by atoms with Crippen LogP contribution in [0, 0.1) is 4.91 Å². The Kier molecular flexibility index (Phi) is 3.29. The molecular weight excluding hydrogens is 310 g/mol. The average Bonchev–Trinajstić information content (AvgIpc) is 2.95. The normalized spacial score (nSPS) is 11.5. The maximum Gasteiger partial charge on any atom is 0.327 e. The highest BCUT2D eigenvalue weighted by atomic mass is 32.2. The molecule has 2 aromatic heterocycles. The first-order chi connectivity index (χ1) is 10.5. The van der Waals surface area contributed by atoms with Gasteiger partial charge in [-0.1, -0.05) is 6.07 Å². The van der Waals surface area contributed by atoms with Gasteiger partial charge in [0.25, 0.3) is 5.16 Å². The molecule has 0 atom stereocenters. The number of rotatable bonds is 4. The van der Waals surface area contributed by atoms with E-state index >= 15 is 0 Å². The highest BCUT2D eigenvalue weighted by Crippen LogP contribution is 2.24. The largest absolute Gasteiger partial charge is 0.424 e. The van der Waals surface area contributed by atoms with Gasteiger partial charge in [0.15, 0.2) is 5.65 Å². The maximum absolute atomic E-state index is 11.6. The highest BCUT2D eigenvalue weighted by molar-refractivity contribution is 7.90. The van der Waals surface area contributed by atoms with Gasteiger partial charge in [0.2, 0.25) is 9.84 Å². The fraction of sp³-hybridized carbons (Fsp3) is 0.0833. The number of benzene rings is 1. The Bertz CT molecular complexity index is 967. The Morgan fingerprint density at radius 2 is 2.05 bits per heavy atom. The number of sulfone groups is 1. The summed E-state index contributed by atoms with van der Waals surface area (Å²) < 4.78 is 30.0. The van der Waals surface area contributed by atoms with Gasteiger partial charge in [-0.15, -0.1) is 4.91 Å². The molecule has 10 heteroatoms. The Morgan fingerprint density at radius 3 is 2.77 bits per heavy atom. The molecule has 0 unspecified atom stereocenters. The first kappa shape index (κ1) is 14.1. The number of nitrogens with zero attached hydrogens (tertiary/aromatic N) is 5. The van der Waals surface area contributed by atoms with Gasteiger partial charge in [-0.2, -0.15) is 19.6 Å². The molecule has 0 aliphatic rings. The van der Waals surface area contributed by atoms with Gasteiger partial charge in [-0.05, 0) is 17.3 Å². The summed E-state index contributed by atoms with van der Waals surface area (Å²) in [5.41, 5.74) is 0.446. The Morgan fingerprint density at radius 1 is 1.23 bits per heavy atom. The van der Waals surface area contributed by atoms with E-state index in [9.17, 15) is 13.3 Å². The smallest absolute Gasteiger partial charge is 0.327 e. The first-order valence-corrected chi connectivity index (χ1v) is 7.89. The van der Waals surface area contributed by atoms with Crippen LogP contribution in [0.4, 0.5) is 5.69 Å². The molecular formula is C12H9N5O4S. The number of fused-ring (bicyclic) bond motifs is 1. The van der Waals surface area contributed by atoms with Crippen LogP contribution in [-0.4, -0.2) is 34.3 Å². The van der Waals surface area contributed by atoms with Crippen molar-refractivity contribution in [1.82, 2.24) is 19.6 Å². The molecule has 9 nitrogen and oxygen atoms in total. The Hall–Kier alpha value is -2.88. The van der Waals surface area contributed by atoms with E-state index in [1.54, 1.807) is 12.1 Å². The summed E-state index contributed by atoms with van der Waals surface area (Å²) in [6.07, 6.45) is 2.43. The minimum atomic E-state index is -3.61. The molecule has 0 aliphatic carbocycles. The molecule has 0 bridgehead atoms. The molecule has 0 spiro atoms. The highest BCUT2D eigenvalue weighted by Gasteiger charge is 2.17. The van der Waals surface area contributed by atoms with Crippen molar-refractivity contribution in [3.8, 4) is 11.8 Å². The first-order valence-electron chi connectivity index (χ1n) is 6.00. The van der Waals surface area contributed by atoms with E-state index in [2.05, 4.69) is 20.2 Å². The van der Waals surface area contributed by atoms with Crippen LogP contribution in [0.3, 0.4) is 0 Å². The van der Waals surface area contributed by atoms with Crippen molar-refractivity contribution in [2.45, 2.75) is 5.16 Å². The number of ether oxygens (including phenoxy) is 1. The van der Waals surface area contributed by atoms with Crippen molar-refractivity contribution in [2.75, 3.05) is 6.26 Å². The van der Waals surface area contributed by atoms with Crippen molar-refractivity contribution in [3.63, 3.8) is 0 Å². The van der Waals surface area contributed by atoms with Crippen molar-refractivity contribution in [2.24, 2.45) is 5.18 Å². The number of hydrogen-bond acceptors (Lipinski definition) is 8. The summed E-state index contributed by atoms with van der Waals surface area (Å²) in [5, 5.41) is 6.39. The van der Waals surface area contributed by atoms with E-state index < -0.39 is 9.84 Å². The van der Waals surface area contributed by atoms with Crippen molar-refractivity contribution in [1.29, 1.82) is 0 Å². The lowest BCUT2D eigenvalue weighted by molar-refractivity contribution is 0.415. The van der Waals surface area contributed by atoms with Crippen molar-refractivity contribution in [3.05, 3.63) is 41.4 Å². The second-order valence-corrected chi connectivity index (χ2v) is 6.26. The van der Waals surface area contributed by atoms with E-state index in [-0.39, 0.29) is 28.3 Å². The second kappa shape index (κ2) is 5.15. The standard InChI is InChI=1S/C12H9N5O4S/c1-22(19,20)11-14-10-5-6-13-17(10)12(15-11)21-9-4-2-3-8(7-9)16-18/h2-7H,1H3. The molecule has 0 aliphatic heterocycles. The van der Waals surface area contributed by atoms with Gasteiger partial charge in [0, 0.05) is 18.4 Å². The van der Waals surface area contributed by atoms with Crippen LogP contribution in [-0.2, 0) is 9.84 Å². The molecule has 0 saturated carbocycles. The van der Waals surface area contributed by atoms with E-state index in [1.165, 1.54) is 28.9 Å². The van der Waals surface area contributed by atoms with Gasteiger partial charge in [0.05, 0.1) is 6.20 Å². The van der Waals surface area contributed by atoms with Gasteiger partial charge in [-0.3, -0.25) is 0 Å². The Labute approximate surface area is 124 Å². The molecule has 3 rings (SSSR count). The lowest BCUT2D eigenvalue weighted by Crippen LogP contribution is -2.09. The van der Waals surface area contributed by atoms with Crippen LogP contribution in [0.2, 0.25) is 0 Å². The molecule has 0 amide bonds. The molecule has 2 heterocycles. The van der Waals surface area contributed by atoms with E-state index in [0.717, 1.165) is 6.26 Å². The minimum Gasteiger partial charge on any atom is -0.424 e. The fourth-order valence-corrected chi connectivity index (χ4v) is 2.22. The molecule has 3 aromatic rings. The zero-order valence-corrected chi connectivity index (χ0v) is 12.1. The molecule has 0 N–H and O–H groups in total. The summed E-state index contributed by atoms with van der Waals surface area (Å²) >= 11 is 0. The monoisotopic (exact) mass is 319 g/mol. The van der Waals surface area contributed by atoms with Gasteiger partial charge >= 0.3 is 6.01 Å². The quantitative estimate of drug-likeness (QED) is 0.672. The fourth-order valence-electron chi connectivity index (χ4n) is 1.72. The lowest BCUT2D eigenvalue weighted by Gasteiger charge is -2.07. The molecule has 0 saturated heterocycles. The summed E-state index contributed by atoms with van der Waals surface area (Å²) in [6, 6.07) is 7.48. The zero-order chi connectivity index (χ0) is 15.7. The maximum atomic E-state index is 11.6. The lowest BCUT2D eigenvalue weighted by atomic mass is 10.3. The van der Waals surface area contributed by atoms with Crippen molar-refractivity contribution >= 4 is 21.2 Å². The van der Waals surface area contributed by atoms with Gasteiger partial charge in [-0.25, -0.2) is 8.42 Å². The average molecular weight is 319 g/mol. The molecule has 0 radical (unpaired) electrons. The van der Waals surface area contributed by atoms with Gasteiger partial charge < -0.3 is 4.74 Å². The SMILES string of the molecule is CS(=O)(=O)c1nc(Oc2cccc(N=O)c2)n2nccc2n1. The minimum absolute atomic E-state index is 0.0847. The van der Waals surface area contributed by atoms with E-state index in [1.807, 2.05) is 0 Å². The van der Waals surface area contributed by atoms with Crippen molar-refractivity contribution < 1.29 is 13.2 Å². The molecule has 112 valence electrons. The summed E-state index contributed by atoms with van der Waals surface area (Å²) in [6.45, 7) is 0. The van der Waals surface area contributed by atoms with E-state index in [4.69, 9.17) is 4.74 Å². The summed E-state index contributed by atoms with van der Waals surface area (Å²) in [5.74, 6) is 0.270. The van der Waals surface area contributed by atoms with Crippen LogP contribution in [0.1, 0.15) is 0 Å². The third-order valence-electron chi connectivity index (χ3n) is 2.67. The molecule has 1 aromatic carbocycles. The Balaban J connectivity index is 2.12. The zero-order valence-electron chi connectivity index (χ0n) is 11.2. The number of nitroso groups, excluding NO2 is 1. The van der Waals surface area contributed by atoms with Crippen LogP contribution in [0.5, 0.6) is 11.8 Å². The topological polar surface area (TPSA) is 116 Å².